The van der Waals surface area contributed by atoms with Crippen molar-refractivity contribution in [2.75, 3.05) is 20.1 Å². The molecule has 0 saturated carbocycles. The number of furan rings is 1. The van der Waals surface area contributed by atoms with E-state index in [-0.39, 0.29) is 18.4 Å². The largest absolute Gasteiger partial charge is 0.460 e. The first kappa shape index (κ1) is 21.4. The molecule has 1 atom stereocenters. The minimum Gasteiger partial charge on any atom is -0.460 e. The fourth-order valence-corrected chi connectivity index (χ4v) is 3.85. The molecule has 9 nitrogen and oxygen atoms in total. The Labute approximate surface area is 185 Å². The molecule has 2 N–H and O–H groups in total. The van der Waals surface area contributed by atoms with E-state index in [2.05, 4.69) is 15.7 Å². The number of aromatic nitrogens is 2. The monoisotopic (exact) mass is 435 g/mol. The van der Waals surface area contributed by atoms with E-state index in [1.807, 2.05) is 37.3 Å². The summed E-state index contributed by atoms with van der Waals surface area (Å²) in [6.07, 6.45) is 2.99. The van der Waals surface area contributed by atoms with Crippen LogP contribution in [0.15, 0.2) is 53.1 Å². The van der Waals surface area contributed by atoms with E-state index in [1.54, 1.807) is 30.1 Å². The summed E-state index contributed by atoms with van der Waals surface area (Å²) in [4.78, 5) is 39.2. The fourth-order valence-electron chi connectivity index (χ4n) is 3.85. The summed E-state index contributed by atoms with van der Waals surface area (Å²) in [7, 11) is 1.55. The third-order valence-corrected chi connectivity index (χ3v) is 5.48. The van der Waals surface area contributed by atoms with Gasteiger partial charge in [0.2, 0.25) is 11.8 Å². The highest BCUT2D eigenvalue weighted by Gasteiger charge is 2.33. The van der Waals surface area contributed by atoms with Gasteiger partial charge >= 0.3 is 0 Å². The second-order valence-electron chi connectivity index (χ2n) is 7.62. The molecule has 0 bridgehead atoms. The number of nitrogens with zero attached hydrogens (tertiary/aromatic N) is 3. The number of aryl methyl sites for hydroxylation is 1. The highest BCUT2D eigenvalue weighted by atomic mass is 16.3. The molecule has 1 aliphatic rings. The molecular formula is C23H25N5O4. The van der Waals surface area contributed by atoms with Gasteiger partial charge in [0, 0.05) is 19.8 Å². The minimum atomic E-state index is -0.494. The Morgan fingerprint density at radius 2 is 1.94 bits per heavy atom. The van der Waals surface area contributed by atoms with Crippen molar-refractivity contribution in [1.29, 1.82) is 0 Å². The average Bonchev–Trinajstić information content (AvgIpc) is 3.56. The van der Waals surface area contributed by atoms with Crippen LogP contribution in [0.3, 0.4) is 0 Å². The molecule has 3 heterocycles. The molecule has 166 valence electrons. The Morgan fingerprint density at radius 1 is 1.16 bits per heavy atom. The van der Waals surface area contributed by atoms with Gasteiger partial charge in [-0.25, -0.2) is 4.68 Å². The zero-order valence-electron chi connectivity index (χ0n) is 18.0. The molecule has 4 rings (SSSR count). The number of hydrogen-bond donors (Lipinski definition) is 2. The number of likely N-dealkylation sites (tertiary alicyclic amines) is 1. The standard InChI is InChI=1S/C23H25N5O4/c1-15-10-11-19(32-15)21-17(14-28(26-21)16-7-4-3-5-8-16)22(30)25-13-20(29)27-12-6-9-18(27)23(31)24-2/h3-5,7-8,10-11,14,18H,6,9,12-13H2,1-2H3,(H,24,31)(H,25,30). The van der Waals surface area contributed by atoms with Gasteiger partial charge in [-0.15, -0.1) is 0 Å². The summed E-state index contributed by atoms with van der Waals surface area (Å²) in [6, 6.07) is 12.5. The van der Waals surface area contributed by atoms with Crippen molar-refractivity contribution in [3.63, 3.8) is 0 Å². The van der Waals surface area contributed by atoms with Crippen molar-refractivity contribution in [3.05, 3.63) is 60.0 Å². The van der Waals surface area contributed by atoms with E-state index in [1.165, 1.54) is 4.90 Å². The molecule has 1 fully saturated rings. The maximum atomic E-state index is 13.0. The molecule has 1 saturated heterocycles. The maximum Gasteiger partial charge on any atom is 0.255 e. The molecule has 2 aromatic heterocycles. The summed E-state index contributed by atoms with van der Waals surface area (Å²) >= 11 is 0. The van der Waals surface area contributed by atoms with Crippen molar-refractivity contribution < 1.29 is 18.8 Å². The quantitative estimate of drug-likeness (QED) is 0.615. The molecular weight excluding hydrogens is 410 g/mol. The van der Waals surface area contributed by atoms with Gasteiger partial charge in [0.1, 0.15) is 17.5 Å². The number of rotatable bonds is 6. The predicted octanol–water partition coefficient (Wildman–Crippen LogP) is 1.91. The van der Waals surface area contributed by atoms with Gasteiger partial charge in [-0.3, -0.25) is 14.4 Å². The summed E-state index contributed by atoms with van der Waals surface area (Å²) in [5.41, 5.74) is 1.47. The van der Waals surface area contributed by atoms with Gasteiger partial charge < -0.3 is 20.0 Å². The van der Waals surface area contributed by atoms with Crippen LogP contribution in [0.2, 0.25) is 0 Å². The van der Waals surface area contributed by atoms with Crippen LogP contribution >= 0.6 is 0 Å². The van der Waals surface area contributed by atoms with E-state index >= 15 is 0 Å². The van der Waals surface area contributed by atoms with Crippen molar-refractivity contribution in [3.8, 4) is 17.1 Å². The van der Waals surface area contributed by atoms with Gasteiger partial charge in [-0.2, -0.15) is 5.10 Å². The number of carbonyl (C=O) groups is 3. The zero-order chi connectivity index (χ0) is 22.7. The van der Waals surface area contributed by atoms with E-state index in [0.717, 1.165) is 12.1 Å². The van der Waals surface area contributed by atoms with Gasteiger partial charge in [-0.05, 0) is 44.0 Å². The number of carbonyl (C=O) groups excluding carboxylic acids is 3. The highest BCUT2D eigenvalue weighted by Crippen LogP contribution is 2.26. The summed E-state index contributed by atoms with van der Waals surface area (Å²) in [6.45, 7) is 2.10. The Hall–Kier alpha value is -3.88. The lowest BCUT2D eigenvalue weighted by atomic mass is 10.2. The molecule has 1 unspecified atom stereocenters. The lowest BCUT2D eigenvalue weighted by molar-refractivity contribution is -0.137. The normalized spacial score (nSPS) is 15.6. The Balaban J connectivity index is 1.54. The lowest BCUT2D eigenvalue weighted by Crippen LogP contribution is -2.48. The highest BCUT2D eigenvalue weighted by molar-refractivity contribution is 6.01. The molecule has 32 heavy (non-hydrogen) atoms. The summed E-state index contributed by atoms with van der Waals surface area (Å²) in [5, 5.41) is 9.81. The number of para-hydroxylation sites is 1. The third kappa shape index (κ3) is 4.27. The van der Waals surface area contributed by atoms with Gasteiger partial charge in [0.15, 0.2) is 5.76 Å². The molecule has 0 radical (unpaired) electrons. The Bertz CT molecular complexity index is 1130. The number of benzene rings is 1. The van der Waals surface area contributed by atoms with Crippen LogP contribution in [0.1, 0.15) is 29.0 Å². The Morgan fingerprint density at radius 3 is 2.62 bits per heavy atom. The van der Waals surface area contributed by atoms with Crippen molar-refractivity contribution >= 4 is 17.7 Å². The second kappa shape index (κ2) is 9.09. The van der Waals surface area contributed by atoms with Crippen LogP contribution in [-0.2, 0) is 9.59 Å². The number of nitrogens with one attached hydrogen (secondary N) is 2. The van der Waals surface area contributed by atoms with Gasteiger partial charge in [0.25, 0.3) is 5.91 Å². The minimum absolute atomic E-state index is 0.193. The van der Waals surface area contributed by atoms with E-state index in [4.69, 9.17) is 4.42 Å². The molecule has 0 spiro atoms. The smallest absolute Gasteiger partial charge is 0.255 e. The Kier molecular flexibility index (Phi) is 6.07. The maximum absolute atomic E-state index is 13.0. The summed E-state index contributed by atoms with van der Waals surface area (Å²) in [5.74, 6) is 0.232. The molecule has 3 amide bonds. The first-order valence-corrected chi connectivity index (χ1v) is 10.5. The number of hydrogen-bond acceptors (Lipinski definition) is 5. The second-order valence-corrected chi connectivity index (χ2v) is 7.62. The number of likely N-dealkylation sites (N-methyl/N-ethyl adjacent to an activating group) is 1. The first-order chi connectivity index (χ1) is 15.5. The molecule has 3 aromatic rings. The third-order valence-electron chi connectivity index (χ3n) is 5.48. The number of amides is 3. The van der Waals surface area contributed by atoms with Crippen LogP contribution in [-0.4, -0.2) is 58.6 Å². The topological polar surface area (TPSA) is 109 Å². The van der Waals surface area contributed by atoms with Crippen LogP contribution in [0.4, 0.5) is 0 Å². The van der Waals surface area contributed by atoms with Crippen molar-refractivity contribution in [1.82, 2.24) is 25.3 Å². The van der Waals surface area contributed by atoms with E-state index < -0.39 is 11.9 Å². The van der Waals surface area contributed by atoms with Crippen LogP contribution in [0, 0.1) is 6.92 Å². The van der Waals surface area contributed by atoms with Gasteiger partial charge in [0.05, 0.1) is 17.8 Å². The molecule has 0 aliphatic carbocycles. The lowest BCUT2D eigenvalue weighted by Gasteiger charge is -2.23. The summed E-state index contributed by atoms with van der Waals surface area (Å²) < 4.78 is 7.30. The predicted molar refractivity (Wildman–Crippen MR) is 117 cm³/mol. The van der Waals surface area contributed by atoms with Crippen molar-refractivity contribution in [2.45, 2.75) is 25.8 Å². The van der Waals surface area contributed by atoms with E-state index in [9.17, 15) is 14.4 Å². The van der Waals surface area contributed by atoms with Crippen LogP contribution < -0.4 is 10.6 Å². The fraction of sp³-hybridized carbons (Fsp3) is 0.304. The SMILES string of the molecule is CNC(=O)C1CCCN1C(=O)CNC(=O)c1cn(-c2ccccc2)nc1-c1ccc(C)o1. The van der Waals surface area contributed by atoms with E-state index in [0.29, 0.717) is 35.7 Å². The first-order valence-electron chi connectivity index (χ1n) is 10.5. The van der Waals surface area contributed by atoms with Crippen molar-refractivity contribution in [2.24, 2.45) is 0 Å². The zero-order valence-corrected chi connectivity index (χ0v) is 18.0. The molecule has 9 heteroatoms. The van der Waals surface area contributed by atoms with Gasteiger partial charge in [-0.1, -0.05) is 18.2 Å². The molecule has 1 aliphatic heterocycles. The average molecular weight is 435 g/mol. The van der Waals surface area contributed by atoms with Crippen LogP contribution in [0.25, 0.3) is 17.1 Å². The van der Waals surface area contributed by atoms with Crippen LogP contribution in [0.5, 0.6) is 0 Å². The molecule has 1 aromatic carbocycles.